The second-order valence-electron chi connectivity index (χ2n) is 8.43. The molecule has 0 aromatic heterocycles. The van der Waals surface area contributed by atoms with Gasteiger partial charge < -0.3 is 11.5 Å². The van der Waals surface area contributed by atoms with Crippen molar-refractivity contribution in [2.45, 2.75) is 117 Å². The van der Waals surface area contributed by atoms with Crippen molar-refractivity contribution in [2.75, 3.05) is 13.1 Å². The van der Waals surface area contributed by atoms with E-state index in [1.807, 2.05) is 13.8 Å². The van der Waals surface area contributed by atoms with Crippen molar-refractivity contribution >= 4 is 11.8 Å². The molecular formula is C23H47N3O2+. The molecule has 1 radical (unpaired) electrons. The molecule has 0 saturated heterocycles. The van der Waals surface area contributed by atoms with Gasteiger partial charge >= 0.3 is 11.8 Å². The number of hydrogen-bond acceptors (Lipinski definition) is 4. The summed E-state index contributed by atoms with van der Waals surface area (Å²) >= 11 is 0. The summed E-state index contributed by atoms with van der Waals surface area (Å²) in [7, 11) is 0. The molecule has 0 spiro atoms. The smallest absolute Gasteiger partial charge is 0.330 e. The lowest BCUT2D eigenvalue weighted by molar-refractivity contribution is -0.138. The fourth-order valence-corrected chi connectivity index (χ4v) is 3.32. The maximum absolute atomic E-state index is 12.6. The molecule has 0 aliphatic rings. The van der Waals surface area contributed by atoms with E-state index in [0.29, 0.717) is 25.9 Å². The topological polar surface area (TPSA) is 92.1 Å². The van der Waals surface area contributed by atoms with E-state index in [-0.39, 0.29) is 17.7 Å². The molecule has 5 nitrogen and oxygen atoms in total. The van der Waals surface area contributed by atoms with Gasteiger partial charge in [0.15, 0.2) is 0 Å². The lowest BCUT2D eigenvalue weighted by Gasteiger charge is -2.15. The quantitative estimate of drug-likeness (QED) is 0.261. The van der Waals surface area contributed by atoms with Crippen LogP contribution in [0.15, 0.2) is 0 Å². The van der Waals surface area contributed by atoms with E-state index in [4.69, 9.17) is 11.5 Å². The van der Waals surface area contributed by atoms with Gasteiger partial charge in [0.2, 0.25) is 0 Å². The highest BCUT2D eigenvalue weighted by Crippen LogP contribution is 2.12. The van der Waals surface area contributed by atoms with Gasteiger partial charge in [0.25, 0.3) is 0 Å². The predicted molar refractivity (Wildman–Crippen MR) is 119 cm³/mol. The first-order chi connectivity index (χ1) is 13.5. The standard InChI is InChI=1S/C23H47N3O2/c1-4-5-6-7-8-9-10-11-12-13-14-15-19-26(21(27)17-16-18-24)23(28)22(25)20(2)3/h20,22H,4-19,24-25H2,1-3H3/q+1/t22-/m0/s1. The van der Waals surface area contributed by atoms with Crippen LogP contribution >= 0.6 is 0 Å². The Labute approximate surface area is 174 Å². The van der Waals surface area contributed by atoms with Crippen molar-refractivity contribution in [1.29, 1.82) is 0 Å². The molecule has 0 fully saturated rings. The number of carbonyl (C=O) groups is 2. The lowest BCUT2D eigenvalue weighted by atomic mass is 10.0. The number of hydrogen-bond donors (Lipinski definition) is 2. The summed E-state index contributed by atoms with van der Waals surface area (Å²) in [5.74, 6) is -0.339. The Morgan fingerprint density at radius 2 is 1.25 bits per heavy atom. The van der Waals surface area contributed by atoms with Gasteiger partial charge in [-0.3, -0.25) is 0 Å². The molecule has 0 aliphatic heterocycles. The van der Waals surface area contributed by atoms with Gasteiger partial charge in [-0.15, -0.1) is 0 Å². The van der Waals surface area contributed by atoms with Gasteiger partial charge in [-0.05, 0) is 30.2 Å². The van der Waals surface area contributed by atoms with Crippen LogP contribution < -0.4 is 16.4 Å². The van der Waals surface area contributed by atoms with Crippen LogP contribution in [-0.2, 0) is 9.59 Å². The number of amides is 2. The average molecular weight is 398 g/mol. The molecule has 2 amide bonds. The third-order valence-electron chi connectivity index (χ3n) is 5.40. The minimum atomic E-state index is -0.612. The van der Waals surface area contributed by atoms with Crippen molar-refractivity contribution in [3.8, 4) is 0 Å². The summed E-state index contributed by atoms with van der Waals surface area (Å²) in [6, 6.07) is -0.612. The number of unbranched alkanes of at least 4 members (excludes halogenated alkanes) is 11. The van der Waals surface area contributed by atoms with Crippen LogP contribution in [0, 0.1) is 5.92 Å². The van der Waals surface area contributed by atoms with Crippen LogP contribution in [0.2, 0.25) is 0 Å². The van der Waals surface area contributed by atoms with Gasteiger partial charge in [-0.1, -0.05) is 85.0 Å². The number of carbonyl (C=O) groups excluding carboxylic acids is 2. The Balaban J connectivity index is 4.01. The van der Waals surface area contributed by atoms with Crippen LogP contribution in [0.5, 0.6) is 0 Å². The monoisotopic (exact) mass is 397 g/mol. The number of nitrogens with zero attached hydrogens (tertiary/aromatic N) is 1. The second kappa shape index (κ2) is 18.3. The van der Waals surface area contributed by atoms with Gasteiger partial charge in [-0.2, -0.15) is 0 Å². The first-order valence-electron chi connectivity index (χ1n) is 11.8. The second-order valence-corrected chi connectivity index (χ2v) is 8.43. The molecule has 165 valence electrons. The van der Waals surface area contributed by atoms with E-state index in [1.165, 1.54) is 69.1 Å². The molecule has 0 aromatic carbocycles. The lowest BCUT2D eigenvalue weighted by Crippen LogP contribution is -2.53. The Hall–Kier alpha value is -0.780. The Bertz CT molecular complexity index is 399. The van der Waals surface area contributed by atoms with Crippen molar-refractivity contribution in [2.24, 2.45) is 17.4 Å². The average Bonchev–Trinajstić information content (AvgIpc) is 2.68. The molecule has 5 heteroatoms. The van der Waals surface area contributed by atoms with Crippen LogP contribution in [0.3, 0.4) is 0 Å². The minimum absolute atomic E-state index is 0.0271. The predicted octanol–water partition coefficient (Wildman–Crippen LogP) is 4.60. The maximum atomic E-state index is 12.6. The van der Waals surface area contributed by atoms with Crippen LogP contribution in [0.1, 0.15) is 111 Å². The zero-order valence-electron chi connectivity index (χ0n) is 18.9. The summed E-state index contributed by atoms with van der Waals surface area (Å²) in [5.41, 5.74) is 11.5. The highest BCUT2D eigenvalue weighted by atomic mass is 16.2. The van der Waals surface area contributed by atoms with Crippen LogP contribution in [-0.4, -0.2) is 30.9 Å². The maximum Gasteiger partial charge on any atom is 0.386 e. The third-order valence-corrected chi connectivity index (χ3v) is 5.40. The van der Waals surface area contributed by atoms with E-state index in [1.54, 1.807) is 0 Å². The number of imide groups is 1. The van der Waals surface area contributed by atoms with Gasteiger partial charge in [0.05, 0.1) is 6.42 Å². The molecule has 0 heterocycles. The molecule has 28 heavy (non-hydrogen) atoms. The van der Waals surface area contributed by atoms with Gasteiger partial charge in [-0.25, -0.2) is 9.59 Å². The fourth-order valence-electron chi connectivity index (χ4n) is 3.32. The third kappa shape index (κ3) is 13.4. The normalized spacial score (nSPS) is 12.7. The van der Waals surface area contributed by atoms with Gasteiger partial charge in [0.1, 0.15) is 12.6 Å². The summed E-state index contributed by atoms with van der Waals surface area (Å²) in [6.07, 6.45) is 16.1. The summed E-state index contributed by atoms with van der Waals surface area (Å²) in [6.45, 7) is 7.02. The van der Waals surface area contributed by atoms with E-state index >= 15 is 0 Å². The van der Waals surface area contributed by atoms with E-state index in [0.717, 1.165) is 12.8 Å². The minimum Gasteiger partial charge on any atom is -0.330 e. The van der Waals surface area contributed by atoms with Gasteiger partial charge in [0, 0.05) is 6.42 Å². The van der Waals surface area contributed by atoms with Crippen molar-refractivity contribution in [3.05, 3.63) is 0 Å². The first kappa shape index (κ1) is 27.2. The highest BCUT2D eigenvalue weighted by Gasteiger charge is 2.38. The van der Waals surface area contributed by atoms with Crippen molar-refractivity contribution < 1.29 is 9.59 Å². The summed E-state index contributed by atoms with van der Waals surface area (Å²) in [4.78, 5) is 26.4. The molecule has 4 N–H and O–H groups in total. The molecular weight excluding hydrogens is 350 g/mol. The molecule has 0 aliphatic carbocycles. The van der Waals surface area contributed by atoms with Crippen LogP contribution in [0.4, 0.5) is 0 Å². The first-order valence-corrected chi connectivity index (χ1v) is 11.8. The molecule has 0 unspecified atom stereocenters. The van der Waals surface area contributed by atoms with E-state index in [9.17, 15) is 9.59 Å². The largest absolute Gasteiger partial charge is 0.386 e. The molecule has 0 aromatic rings. The van der Waals surface area contributed by atoms with E-state index < -0.39 is 6.04 Å². The molecule has 0 saturated carbocycles. The zero-order valence-corrected chi connectivity index (χ0v) is 18.9. The summed E-state index contributed by atoms with van der Waals surface area (Å²) in [5, 5.41) is 0. The van der Waals surface area contributed by atoms with E-state index in [2.05, 4.69) is 6.92 Å². The number of rotatable bonds is 18. The van der Waals surface area contributed by atoms with Crippen LogP contribution in [0.25, 0.3) is 0 Å². The van der Waals surface area contributed by atoms with Crippen molar-refractivity contribution in [3.63, 3.8) is 0 Å². The molecule has 0 rings (SSSR count). The SMILES string of the molecule is CCCCCCCCCCCCCC[N+](C(=O)CCCN)C(=O)[C@@H](N)C(C)C. The fraction of sp³-hybridized carbons (Fsp3) is 0.913. The summed E-state index contributed by atoms with van der Waals surface area (Å²) < 4.78 is 0. The Kier molecular flexibility index (Phi) is 17.8. The molecule has 0 bridgehead atoms. The molecule has 1 atom stereocenters. The Morgan fingerprint density at radius 1 is 0.786 bits per heavy atom. The number of nitrogens with two attached hydrogens (primary N) is 2. The van der Waals surface area contributed by atoms with Crippen molar-refractivity contribution in [1.82, 2.24) is 4.90 Å². The Morgan fingerprint density at radius 3 is 1.68 bits per heavy atom. The zero-order chi connectivity index (χ0) is 21.2. The highest BCUT2D eigenvalue weighted by molar-refractivity contribution is 6.01.